The number of hydrogen-bond donors (Lipinski definition) is 1. The Morgan fingerprint density at radius 1 is 1.11 bits per heavy atom. The molecule has 2 heterocycles. The number of nitrogens with one attached hydrogen (secondary N) is 1. The van der Waals surface area contributed by atoms with Gasteiger partial charge in [-0.25, -0.2) is 5.01 Å². The fourth-order valence-electron chi connectivity index (χ4n) is 2.41. The summed E-state index contributed by atoms with van der Waals surface area (Å²) < 4.78 is 77.7. The predicted molar refractivity (Wildman–Crippen MR) is 82.6 cm³/mol. The van der Waals surface area contributed by atoms with Crippen molar-refractivity contribution in [3.8, 4) is 0 Å². The summed E-state index contributed by atoms with van der Waals surface area (Å²) in [4.78, 5) is 16.2. The number of benzene rings is 1. The SMILES string of the molecule is O=C(c1ccccc1C(F)(F)F)N1NN=NC1c1ncc(C(F)(F)F)cc1Cl. The first-order chi connectivity index (χ1) is 13.0. The monoisotopic (exact) mass is 423 g/mol. The van der Waals surface area contributed by atoms with E-state index in [4.69, 9.17) is 11.6 Å². The van der Waals surface area contributed by atoms with Gasteiger partial charge in [0.2, 0.25) is 6.17 Å². The van der Waals surface area contributed by atoms with Gasteiger partial charge in [-0.3, -0.25) is 9.78 Å². The van der Waals surface area contributed by atoms with Gasteiger partial charge >= 0.3 is 12.4 Å². The lowest BCUT2D eigenvalue weighted by atomic mass is 10.1. The fraction of sp³-hybridized carbons (Fsp3) is 0.200. The Bertz CT molecular complexity index is 945. The van der Waals surface area contributed by atoms with Crippen molar-refractivity contribution < 1.29 is 31.1 Å². The summed E-state index contributed by atoms with van der Waals surface area (Å²) in [7, 11) is 0. The normalized spacial score (nSPS) is 17.0. The van der Waals surface area contributed by atoms with E-state index < -0.39 is 46.1 Å². The van der Waals surface area contributed by atoms with Crippen LogP contribution in [0, 0.1) is 0 Å². The number of alkyl halides is 6. The van der Waals surface area contributed by atoms with Crippen LogP contribution in [0.4, 0.5) is 26.3 Å². The molecule has 0 saturated heterocycles. The molecule has 0 radical (unpaired) electrons. The van der Waals surface area contributed by atoms with Crippen molar-refractivity contribution in [1.29, 1.82) is 0 Å². The van der Waals surface area contributed by atoms with Crippen LogP contribution in [0.1, 0.15) is 33.3 Å². The highest BCUT2D eigenvalue weighted by Crippen LogP contribution is 2.37. The topological polar surface area (TPSA) is 70.0 Å². The largest absolute Gasteiger partial charge is 0.417 e. The van der Waals surface area contributed by atoms with Crippen molar-refractivity contribution >= 4 is 17.5 Å². The van der Waals surface area contributed by atoms with Gasteiger partial charge in [0.1, 0.15) is 5.69 Å². The van der Waals surface area contributed by atoms with Gasteiger partial charge in [-0.15, -0.1) is 5.11 Å². The van der Waals surface area contributed by atoms with Crippen LogP contribution in [0.5, 0.6) is 0 Å². The molecule has 6 nitrogen and oxygen atoms in total. The van der Waals surface area contributed by atoms with Gasteiger partial charge in [0.15, 0.2) is 0 Å². The molecule has 0 fully saturated rings. The Hall–Kier alpha value is -2.89. The minimum absolute atomic E-state index is 0.291. The Balaban J connectivity index is 1.97. The van der Waals surface area contributed by atoms with Crippen molar-refractivity contribution in [2.75, 3.05) is 0 Å². The molecule has 0 bridgehead atoms. The molecule has 1 atom stereocenters. The van der Waals surface area contributed by atoms with E-state index in [9.17, 15) is 31.1 Å². The average Bonchev–Trinajstić information content (AvgIpc) is 3.09. The zero-order chi connectivity index (χ0) is 20.7. The van der Waals surface area contributed by atoms with Gasteiger partial charge in [-0.05, 0) is 18.2 Å². The van der Waals surface area contributed by atoms with E-state index in [0.29, 0.717) is 17.3 Å². The summed E-state index contributed by atoms with van der Waals surface area (Å²) >= 11 is 5.83. The summed E-state index contributed by atoms with van der Waals surface area (Å²) in [6.45, 7) is 0. The fourth-order valence-corrected chi connectivity index (χ4v) is 2.67. The standard InChI is InChI=1S/C15H8ClF6N5O/c16-10-5-7(14(17,18)19)6-23-11(10)12-24-25-26-27(12)13(28)8-3-1-2-4-9(8)15(20,21)22/h1-6,12H,(H,24,26). The van der Waals surface area contributed by atoms with Gasteiger partial charge in [0, 0.05) is 6.20 Å². The second-order valence-corrected chi connectivity index (χ2v) is 5.90. The number of amides is 1. The van der Waals surface area contributed by atoms with Crippen molar-refractivity contribution in [3.63, 3.8) is 0 Å². The Labute approximate surface area is 157 Å². The van der Waals surface area contributed by atoms with E-state index in [0.717, 1.165) is 18.2 Å². The highest BCUT2D eigenvalue weighted by atomic mass is 35.5. The lowest BCUT2D eigenvalue weighted by molar-refractivity contribution is -0.138. The summed E-state index contributed by atoms with van der Waals surface area (Å²) in [6, 6.07) is 4.58. The smallest absolute Gasteiger partial charge is 0.267 e. The number of carbonyl (C=O) groups is 1. The molecule has 1 amide bonds. The van der Waals surface area contributed by atoms with Crippen LogP contribution in [0.2, 0.25) is 5.02 Å². The number of aromatic nitrogens is 1. The van der Waals surface area contributed by atoms with E-state index in [1.807, 2.05) is 0 Å². The van der Waals surface area contributed by atoms with Crippen LogP contribution in [0.15, 0.2) is 46.9 Å². The van der Waals surface area contributed by atoms with E-state index in [1.54, 1.807) is 0 Å². The average molecular weight is 424 g/mol. The van der Waals surface area contributed by atoms with Crippen LogP contribution in [-0.2, 0) is 12.4 Å². The summed E-state index contributed by atoms with van der Waals surface area (Å²) in [5.41, 5.74) is -1.22. The van der Waals surface area contributed by atoms with E-state index in [-0.39, 0.29) is 5.69 Å². The molecule has 28 heavy (non-hydrogen) atoms. The molecule has 148 valence electrons. The first-order valence-corrected chi connectivity index (χ1v) is 7.76. The number of carbonyl (C=O) groups excluding carboxylic acids is 1. The molecule has 1 aromatic carbocycles. The third-order valence-electron chi connectivity index (χ3n) is 3.69. The van der Waals surface area contributed by atoms with Crippen LogP contribution in [0.25, 0.3) is 0 Å². The van der Waals surface area contributed by atoms with Gasteiger partial charge < -0.3 is 0 Å². The van der Waals surface area contributed by atoms with Crippen molar-refractivity contribution in [3.05, 3.63) is 63.9 Å². The molecule has 2 aromatic rings. The quantitative estimate of drug-likeness (QED) is 0.705. The molecule has 1 aliphatic rings. The van der Waals surface area contributed by atoms with Crippen molar-refractivity contribution in [1.82, 2.24) is 15.5 Å². The lowest BCUT2D eigenvalue weighted by Gasteiger charge is -2.23. The van der Waals surface area contributed by atoms with Gasteiger partial charge in [0.05, 0.1) is 21.7 Å². The first kappa shape index (κ1) is 19.9. The first-order valence-electron chi connectivity index (χ1n) is 7.38. The van der Waals surface area contributed by atoms with E-state index >= 15 is 0 Å². The molecule has 1 N–H and O–H groups in total. The van der Waals surface area contributed by atoms with Gasteiger partial charge in [-0.1, -0.05) is 29.0 Å². The second kappa shape index (κ2) is 6.93. The minimum Gasteiger partial charge on any atom is -0.267 e. The number of pyridine rings is 1. The molecule has 0 spiro atoms. The van der Waals surface area contributed by atoms with Gasteiger partial charge in [-0.2, -0.15) is 31.9 Å². The number of hydrazine groups is 1. The van der Waals surface area contributed by atoms with Crippen molar-refractivity contribution in [2.24, 2.45) is 10.3 Å². The second-order valence-electron chi connectivity index (χ2n) is 5.50. The summed E-state index contributed by atoms with van der Waals surface area (Å²) in [6.07, 6.45) is -10.5. The molecule has 3 rings (SSSR count). The summed E-state index contributed by atoms with van der Waals surface area (Å²) in [5, 5.41) is 7.05. The molecule has 1 aliphatic heterocycles. The number of hydrogen-bond acceptors (Lipinski definition) is 5. The number of rotatable bonds is 2. The van der Waals surface area contributed by atoms with E-state index in [2.05, 4.69) is 20.9 Å². The Kier molecular flexibility index (Phi) is 4.91. The molecule has 0 saturated carbocycles. The maximum Gasteiger partial charge on any atom is 0.417 e. The molecular formula is C15H8ClF6N5O. The highest BCUT2D eigenvalue weighted by molar-refractivity contribution is 6.31. The zero-order valence-corrected chi connectivity index (χ0v) is 14.1. The van der Waals surface area contributed by atoms with Crippen LogP contribution >= 0.6 is 11.6 Å². The van der Waals surface area contributed by atoms with Crippen LogP contribution < -0.4 is 5.53 Å². The third kappa shape index (κ3) is 3.72. The van der Waals surface area contributed by atoms with E-state index in [1.165, 1.54) is 6.07 Å². The highest BCUT2D eigenvalue weighted by Gasteiger charge is 2.40. The Morgan fingerprint density at radius 3 is 2.39 bits per heavy atom. The number of halogens is 7. The van der Waals surface area contributed by atoms with Crippen LogP contribution in [-0.4, -0.2) is 15.9 Å². The molecule has 1 aromatic heterocycles. The lowest BCUT2D eigenvalue weighted by Crippen LogP contribution is -2.39. The molecule has 13 heteroatoms. The zero-order valence-electron chi connectivity index (χ0n) is 13.4. The maximum absolute atomic E-state index is 13.2. The number of nitrogens with zero attached hydrogens (tertiary/aromatic N) is 4. The maximum atomic E-state index is 13.2. The van der Waals surface area contributed by atoms with Crippen molar-refractivity contribution in [2.45, 2.75) is 18.5 Å². The molecular weight excluding hydrogens is 416 g/mol. The Morgan fingerprint density at radius 2 is 1.79 bits per heavy atom. The minimum atomic E-state index is -4.81. The summed E-state index contributed by atoms with van der Waals surface area (Å²) in [5.74, 6) is -1.17. The predicted octanol–water partition coefficient (Wildman–Crippen LogP) is 4.80. The third-order valence-corrected chi connectivity index (χ3v) is 3.99. The molecule has 0 aliphatic carbocycles. The molecule has 1 unspecified atom stereocenters. The van der Waals surface area contributed by atoms with Crippen LogP contribution in [0.3, 0.4) is 0 Å². The van der Waals surface area contributed by atoms with Gasteiger partial charge in [0.25, 0.3) is 5.91 Å².